The number of nitrogens with one attached hydrogen (secondary N) is 2. The molecule has 0 atom stereocenters. The minimum absolute atomic E-state index is 0. The largest absolute Gasteiger partial charge is 1.00 e. The Hall–Kier alpha value is -8.15. The molecule has 0 aliphatic heterocycles. The van der Waals surface area contributed by atoms with E-state index in [1.165, 1.54) is 72.8 Å². The molecule has 2 amide bonds. The van der Waals surface area contributed by atoms with Crippen molar-refractivity contribution in [2.24, 2.45) is 20.5 Å². The van der Waals surface area contributed by atoms with Gasteiger partial charge in [0.2, 0.25) is 0 Å². The third-order valence-corrected chi connectivity index (χ3v) is 12.3. The number of fused-ring (bicyclic) bond motifs is 2. The normalized spacial score (nSPS) is 10.5. The number of hydrogen-bond acceptors (Lipinski definition) is 16. The fraction of sp³-hybridized carbons (Fsp3) is 0. The fourth-order valence-electron chi connectivity index (χ4n) is 8.33. The van der Waals surface area contributed by atoms with E-state index in [0.29, 0.717) is 32.7 Å². The monoisotopic (exact) mass is 1190 g/mol. The van der Waals surface area contributed by atoms with Crippen molar-refractivity contribution in [3.8, 4) is 23.0 Å². The first kappa shape index (κ1) is 66.6. The van der Waals surface area contributed by atoms with Crippen molar-refractivity contribution in [1.82, 2.24) is 0 Å². The average molecular weight is 1190 g/mol. The summed E-state index contributed by atoms with van der Waals surface area (Å²) in [5.74, 6) is -6.50. The van der Waals surface area contributed by atoms with Gasteiger partial charge in [-0.05, 0) is 83.6 Å². The molecule has 1 radical (unpaired) electrons. The van der Waals surface area contributed by atoms with Crippen molar-refractivity contribution in [2.45, 2.75) is 0 Å². The SMILES string of the molecule is O=C(Nc1cc2ccccc2c(N=Nc2ccc(C(=O)c3ccccc3C(=O)[O-])cc2O)c1O)c1ccccc1.O=C(Nc1cc2ccccc2c(N=Nc2ccc(C(=O)c3ccccc3C(=O)[O-])cc2O)c1O)c1ccccc1.[Co].[Na+].[Na+].[Na+]. The van der Waals surface area contributed by atoms with E-state index >= 15 is 0 Å². The smallest absolute Gasteiger partial charge is 0.545 e. The van der Waals surface area contributed by atoms with Gasteiger partial charge in [-0.15, -0.1) is 20.5 Å². The molecular formula is C62H40CoN6Na3O12+. The van der Waals surface area contributed by atoms with Crippen molar-refractivity contribution >= 4 is 91.0 Å². The second-order valence-corrected chi connectivity index (χ2v) is 17.5. The van der Waals surface area contributed by atoms with Gasteiger partial charge < -0.3 is 50.9 Å². The number of aromatic carboxylic acids is 2. The Kier molecular flexibility index (Phi) is 24.1. The van der Waals surface area contributed by atoms with Crippen molar-refractivity contribution in [2.75, 3.05) is 10.6 Å². The number of amides is 2. The second-order valence-electron chi connectivity index (χ2n) is 17.5. The summed E-state index contributed by atoms with van der Waals surface area (Å²) < 4.78 is 0. The number of carboxylic acid groups (broad SMARTS) is 2. The zero-order chi connectivity index (χ0) is 56.5. The van der Waals surface area contributed by atoms with E-state index in [1.807, 2.05) is 0 Å². The number of phenolic OH excluding ortho intramolecular Hbond substituents is 4. The Labute approximate surface area is 555 Å². The molecule has 22 heteroatoms. The summed E-state index contributed by atoms with van der Waals surface area (Å²) in [6.45, 7) is 0. The summed E-state index contributed by atoms with van der Waals surface area (Å²) in [6, 6.07) is 53.4. The molecule has 6 N–H and O–H groups in total. The number of carbonyl (C=O) groups excluding carboxylic acids is 6. The summed E-state index contributed by atoms with van der Waals surface area (Å²) in [4.78, 5) is 74.0. The summed E-state index contributed by atoms with van der Waals surface area (Å²) >= 11 is 0. The zero-order valence-corrected chi connectivity index (χ0v) is 51.8. The Morgan fingerprint density at radius 1 is 0.357 bits per heavy atom. The van der Waals surface area contributed by atoms with Crippen LogP contribution in [0.1, 0.15) is 73.3 Å². The van der Waals surface area contributed by atoms with Gasteiger partial charge in [0.25, 0.3) is 11.8 Å². The van der Waals surface area contributed by atoms with E-state index in [1.54, 1.807) is 121 Å². The minimum Gasteiger partial charge on any atom is -0.545 e. The number of ketones is 2. The van der Waals surface area contributed by atoms with Gasteiger partial charge in [-0.1, -0.05) is 133 Å². The molecule has 10 aromatic carbocycles. The van der Waals surface area contributed by atoms with Crippen LogP contribution in [-0.2, 0) is 16.8 Å². The maximum Gasteiger partial charge on any atom is 1.00 e. The van der Waals surface area contributed by atoms with E-state index in [2.05, 4.69) is 31.1 Å². The number of rotatable bonds is 14. The number of azo groups is 2. The number of benzene rings is 10. The van der Waals surface area contributed by atoms with Gasteiger partial charge in [0.15, 0.2) is 23.1 Å². The summed E-state index contributed by atoms with van der Waals surface area (Å²) in [5.41, 5.74) is 0.523. The maximum atomic E-state index is 12.9. The van der Waals surface area contributed by atoms with Crippen LogP contribution in [0.5, 0.6) is 23.0 Å². The van der Waals surface area contributed by atoms with Gasteiger partial charge >= 0.3 is 88.7 Å². The summed E-state index contributed by atoms with van der Waals surface area (Å²) in [7, 11) is 0. The van der Waals surface area contributed by atoms with Crippen LogP contribution in [0.25, 0.3) is 21.5 Å². The van der Waals surface area contributed by atoms with Crippen LogP contribution in [0, 0.1) is 0 Å². The first-order valence-electron chi connectivity index (χ1n) is 24.1. The molecule has 10 rings (SSSR count). The maximum absolute atomic E-state index is 12.9. The minimum atomic E-state index is -1.49. The molecule has 0 bridgehead atoms. The fourth-order valence-corrected chi connectivity index (χ4v) is 8.33. The molecule has 84 heavy (non-hydrogen) atoms. The number of nitrogens with zero attached hydrogens (tertiary/aromatic N) is 4. The van der Waals surface area contributed by atoms with E-state index in [-0.39, 0.29) is 184 Å². The average Bonchev–Trinajstić information content (AvgIpc) is 3.68. The van der Waals surface area contributed by atoms with Crippen LogP contribution < -0.4 is 110 Å². The van der Waals surface area contributed by atoms with Crippen molar-refractivity contribution in [1.29, 1.82) is 0 Å². The number of carboxylic acids is 2. The van der Waals surface area contributed by atoms with Crippen molar-refractivity contribution < 1.29 is 165 Å². The Balaban J connectivity index is 0.000000293. The predicted molar refractivity (Wildman–Crippen MR) is 293 cm³/mol. The molecule has 0 fully saturated rings. The third kappa shape index (κ3) is 15.3. The molecular weight excluding hydrogens is 1150 g/mol. The molecule has 0 heterocycles. The number of anilines is 2. The Morgan fingerprint density at radius 2 is 0.679 bits per heavy atom. The molecule has 18 nitrogen and oxygen atoms in total. The molecule has 0 aliphatic rings. The first-order chi connectivity index (χ1) is 38.7. The molecule has 10 aromatic rings. The summed E-state index contributed by atoms with van der Waals surface area (Å²) in [5, 5.41) is 90.3. The Bertz CT molecular complexity index is 3930. The van der Waals surface area contributed by atoms with E-state index in [4.69, 9.17) is 0 Å². The van der Waals surface area contributed by atoms with Crippen LogP contribution in [0.15, 0.2) is 227 Å². The van der Waals surface area contributed by atoms with E-state index < -0.39 is 46.8 Å². The standard InChI is InChI=1S/2C31H21N3O6.Co.3Na/c2*35-26-17-20(28(36)22-12-6-7-13-23(22)31(39)40)14-15-24(26)33-34-27-21-11-5-4-10-19(21)16-25(29(27)37)32-30(38)18-8-2-1-3-9-18;;;;/h2*1-17,35,37H,(H,32,38)(H,39,40);;;;/q;;;3*+1/p-2. The van der Waals surface area contributed by atoms with Crippen LogP contribution >= 0.6 is 0 Å². The summed E-state index contributed by atoms with van der Waals surface area (Å²) in [6.07, 6.45) is 0. The quantitative estimate of drug-likeness (QED) is 0.0395. The molecule has 0 saturated heterocycles. The number of hydrogen-bond donors (Lipinski definition) is 6. The van der Waals surface area contributed by atoms with Crippen LogP contribution in [0.2, 0.25) is 0 Å². The predicted octanol–water partition coefficient (Wildman–Crippen LogP) is 2.04. The number of phenols is 4. The van der Waals surface area contributed by atoms with Crippen LogP contribution in [0.4, 0.5) is 34.1 Å². The van der Waals surface area contributed by atoms with Gasteiger partial charge in [-0.3, -0.25) is 19.2 Å². The van der Waals surface area contributed by atoms with Gasteiger partial charge in [0.1, 0.15) is 34.2 Å². The van der Waals surface area contributed by atoms with Gasteiger partial charge in [0, 0.05) is 72.1 Å². The third-order valence-electron chi connectivity index (χ3n) is 12.3. The van der Waals surface area contributed by atoms with Gasteiger partial charge in [-0.25, -0.2) is 0 Å². The van der Waals surface area contributed by atoms with Crippen molar-refractivity contribution in [3.05, 3.63) is 251 Å². The zero-order valence-electron chi connectivity index (χ0n) is 44.8. The first-order valence-corrected chi connectivity index (χ1v) is 24.1. The molecule has 401 valence electrons. The molecule has 0 aromatic heterocycles. The number of carbonyl (C=O) groups is 6. The second kappa shape index (κ2) is 30.4. The molecule has 0 spiro atoms. The van der Waals surface area contributed by atoms with E-state index in [0.717, 1.165) is 12.1 Å². The molecule has 0 aliphatic carbocycles. The number of aromatic hydroxyl groups is 4. The van der Waals surface area contributed by atoms with E-state index in [9.17, 15) is 59.4 Å². The molecule has 0 saturated carbocycles. The van der Waals surface area contributed by atoms with Crippen LogP contribution in [0.3, 0.4) is 0 Å². The van der Waals surface area contributed by atoms with Gasteiger partial charge in [0.05, 0.1) is 23.3 Å². The Morgan fingerprint density at radius 3 is 1.02 bits per heavy atom. The van der Waals surface area contributed by atoms with Crippen molar-refractivity contribution in [3.63, 3.8) is 0 Å². The van der Waals surface area contributed by atoms with Crippen LogP contribution in [-0.4, -0.2) is 55.7 Å². The topological polar surface area (TPSA) is 303 Å². The molecule has 0 unspecified atom stereocenters. The van der Waals surface area contributed by atoms with Gasteiger partial charge in [-0.2, -0.15) is 0 Å².